The lowest BCUT2D eigenvalue weighted by Gasteiger charge is -1.88. The average molecular weight is 315 g/mol. The fourth-order valence-electron chi connectivity index (χ4n) is 1.64. The second-order valence-corrected chi connectivity index (χ2v) is 4.72. The summed E-state index contributed by atoms with van der Waals surface area (Å²) in [6.07, 6.45) is 0. The van der Waals surface area contributed by atoms with Crippen LogP contribution in [0.5, 0.6) is 0 Å². The number of carboxylic acid groups (broad SMARTS) is 1. The van der Waals surface area contributed by atoms with Crippen molar-refractivity contribution in [2.45, 2.75) is 0 Å². The van der Waals surface area contributed by atoms with Crippen LogP contribution in [0.25, 0.3) is 11.0 Å². The minimum absolute atomic E-state index is 0.0720. The Bertz CT molecular complexity index is 850. The van der Waals surface area contributed by atoms with E-state index in [-0.39, 0.29) is 5.82 Å². The first kappa shape index (κ1) is 15.4. The number of nitrogens with two attached hydrogens (primary N) is 1. The number of benzene rings is 2. The zero-order chi connectivity index (χ0) is 16.1. The van der Waals surface area contributed by atoms with E-state index in [1.807, 2.05) is 6.07 Å². The van der Waals surface area contributed by atoms with E-state index in [0.29, 0.717) is 27.3 Å². The number of nitrogens with zero attached hydrogens (tertiary/aromatic N) is 2. The summed E-state index contributed by atoms with van der Waals surface area (Å²) in [7, 11) is 0. The van der Waals surface area contributed by atoms with Gasteiger partial charge in [0.15, 0.2) is 0 Å². The number of hydrogen-bond acceptors (Lipinski definition) is 4. The van der Waals surface area contributed by atoms with Crippen LogP contribution in [0.2, 0.25) is 5.02 Å². The molecule has 0 saturated carbocycles. The van der Waals surface area contributed by atoms with Crippen LogP contribution in [0, 0.1) is 11.3 Å². The first-order chi connectivity index (χ1) is 10.5. The third-order valence-electron chi connectivity index (χ3n) is 2.69. The summed E-state index contributed by atoms with van der Waals surface area (Å²) in [5.74, 6) is -1.15. The van der Waals surface area contributed by atoms with Gasteiger partial charge >= 0.3 is 5.97 Å². The van der Waals surface area contributed by atoms with Crippen molar-refractivity contribution >= 4 is 34.3 Å². The van der Waals surface area contributed by atoms with Crippen LogP contribution in [-0.4, -0.2) is 21.0 Å². The average Bonchev–Trinajstić information content (AvgIpc) is 2.92. The van der Waals surface area contributed by atoms with Gasteiger partial charge in [-0.05, 0) is 42.5 Å². The number of nitriles is 1. The lowest BCUT2D eigenvalue weighted by atomic mass is 10.2. The van der Waals surface area contributed by atoms with Gasteiger partial charge in [-0.15, -0.1) is 0 Å². The Morgan fingerprint density at radius 3 is 2.55 bits per heavy atom. The Balaban J connectivity index is 0.000000172. The maximum absolute atomic E-state index is 10.5. The Morgan fingerprint density at radius 1 is 1.27 bits per heavy atom. The fourth-order valence-corrected chi connectivity index (χ4v) is 1.81. The smallest absolute Gasteiger partial charge is 0.371 e. The number of anilines is 1. The molecule has 4 N–H and O–H groups in total. The largest absolute Gasteiger partial charge is 0.475 e. The molecule has 22 heavy (non-hydrogen) atoms. The molecule has 110 valence electrons. The van der Waals surface area contributed by atoms with Crippen LogP contribution in [0.15, 0.2) is 42.5 Å². The van der Waals surface area contributed by atoms with Crippen molar-refractivity contribution in [2.75, 3.05) is 5.73 Å². The maximum Gasteiger partial charge on any atom is 0.371 e. The van der Waals surface area contributed by atoms with Gasteiger partial charge in [0.2, 0.25) is 5.82 Å². The molecular formula is C15H11ClN4O2. The Labute approximate surface area is 130 Å². The van der Waals surface area contributed by atoms with E-state index in [4.69, 9.17) is 27.7 Å². The molecular weight excluding hydrogens is 304 g/mol. The number of hydrogen-bond donors (Lipinski definition) is 3. The zero-order valence-electron chi connectivity index (χ0n) is 11.2. The fraction of sp³-hybridized carbons (Fsp3) is 0. The molecule has 7 heteroatoms. The molecule has 1 heterocycles. The summed E-state index contributed by atoms with van der Waals surface area (Å²) in [6.45, 7) is 0. The third kappa shape index (κ3) is 3.75. The number of H-pyrrole nitrogens is 1. The van der Waals surface area contributed by atoms with Gasteiger partial charge in [-0.1, -0.05) is 11.6 Å². The van der Waals surface area contributed by atoms with E-state index in [2.05, 4.69) is 9.97 Å². The van der Waals surface area contributed by atoms with Crippen LogP contribution >= 0.6 is 11.6 Å². The molecule has 0 bridgehead atoms. The predicted octanol–water partition coefficient (Wildman–Crippen LogP) is 3.05. The number of halogens is 1. The number of nitrogens with one attached hydrogen (secondary N) is 1. The quantitative estimate of drug-likeness (QED) is 0.597. The van der Waals surface area contributed by atoms with E-state index in [1.54, 1.807) is 42.5 Å². The minimum Gasteiger partial charge on any atom is -0.475 e. The van der Waals surface area contributed by atoms with Gasteiger partial charge in [0.05, 0.1) is 22.7 Å². The van der Waals surface area contributed by atoms with Gasteiger partial charge in [-0.3, -0.25) is 0 Å². The number of carboxylic acids is 1. The highest BCUT2D eigenvalue weighted by atomic mass is 35.5. The van der Waals surface area contributed by atoms with Crippen molar-refractivity contribution < 1.29 is 9.90 Å². The monoisotopic (exact) mass is 314 g/mol. The molecule has 0 aliphatic carbocycles. The van der Waals surface area contributed by atoms with Crippen molar-refractivity contribution in [3.8, 4) is 6.07 Å². The maximum atomic E-state index is 10.5. The summed E-state index contributed by atoms with van der Waals surface area (Å²) >= 11 is 5.71. The van der Waals surface area contributed by atoms with Crippen molar-refractivity contribution in [3.05, 3.63) is 58.9 Å². The van der Waals surface area contributed by atoms with E-state index in [1.165, 1.54) is 0 Å². The SMILES string of the molecule is N#Cc1ccc(N)cc1.O=C(O)c1nc2ccc(Cl)cc2[nH]1. The molecule has 3 rings (SSSR count). The van der Waals surface area contributed by atoms with Gasteiger partial charge in [0, 0.05) is 10.7 Å². The van der Waals surface area contributed by atoms with Crippen molar-refractivity contribution in [1.29, 1.82) is 5.26 Å². The predicted molar refractivity (Wildman–Crippen MR) is 83.6 cm³/mol. The summed E-state index contributed by atoms with van der Waals surface area (Å²) in [6, 6.07) is 13.8. The molecule has 0 saturated heterocycles. The number of aromatic nitrogens is 2. The third-order valence-corrected chi connectivity index (χ3v) is 2.92. The Hall–Kier alpha value is -3.04. The first-order valence-electron chi connectivity index (χ1n) is 6.14. The minimum atomic E-state index is -1.08. The molecule has 0 atom stereocenters. The molecule has 0 aliphatic rings. The van der Waals surface area contributed by atoms with Crippen molar-refractivity contribution in [1.82, 2.24) is 9.97 Å². The summed E-state index contributed by atoms with van der Waals surface area (Å²) < 4.78 is 0. The number of carbonyl (C=O) groups is 1. The van der Waals surface area contributed by atoms with Crippen LogP contribution in [0.3, 0.4) is 0 Å². The molecule has 3 aromatic rings. The Morgan fingerprint density at radius 2 is 1.95 bits per heavy atom. The van der Waals surface area contributed by atoms with Crippen molar-refractivity contribution in [3.63, 3.8) is 0 Å². The summed E-state index contributed by atoms with van der Waals surface area (Å²) in [5.41, 5.74) is 7.93. The number of rotatable bonds is 1. The van der Waals surface area contributed by atoms with Crippen LogP contribution < -0.4 is 5.73 Å². The molecule has 6 nitrogen and oxygen atoms in total. The molecule has 2 aromatic carbocycles. The van der Waals surface area contributed by atoms with Gasteiger partial charge in [0.25, 0.3) is 0 Å². The van der Waals surface area contributed by atoms with E-state index >= 15 is 0 Å². The summed E-state index contributed by atoms with van der Waals surface area (Å²) in [4.78, 5) is 17.0. The van der Waals surface area contributed by atoms with Crippen molar-refractivity contribution in [2.24, 2.45) is 0 Å². The number of aromatic amines is 1. The van der Waals surface area contributed by atoms with Gasteiger partial charge < -0.3 is 15.8 Å². The molecule has 0 unspecified atom stereocenters. The molecule has 0 aliphatic heterocycles. The highest BCUT2D eigenvalue weighted by Crippen LogP contribution is 2.16. The molecule has 0 spiro atoms. The highest BCUT2D eigenvalue weighted by molar-refractivity contribution is 6.31. The van der Waals surface area contributed by atoms with E-state index < -0.39 is 5.97 Å². The number of fused-ring (bicyclic) bond motifs is 1. The highest BCUT2D eigenvalue weighted by Gasteiger charge is 2.08. The molecule has 1 aromatic heterocycles. The molecule has 0 radical (unpaired) electrons. The van der Waals surface area contributed by atoms with Crippen LogP contribution in [-0.2, 0) is 0 Å². The van der Waals surface area contributed by atoms with E-state index in [9.17, 15) is 4.79 Å². The number of imidazole rings is 1. The molecule has 0 fully saturated rings. The van der Waals surface area contributed by atoms with Crippen LogP contribution in [0.4, 0.5) is 5.69 Å². The standard InChI is InChI=1S/C8H5ClN2O2.C7H6N2/c9-4-1-2-5-6(3-4)11-7(10-5)8(12)13;8-5-6-1-3-7(9)4-2-6/h1-3H,(H,10,11)(H,12,13);1-4H,9H2. The normalized spacial score (nSPS) is 9.64. The van der Waals surface area contributed by atoms with Gasteiger partial charge in [0.1, 0.15) is 0 Å². The number of aromatic carboxylic acids is 1. The zero-order valence-corrected chi connectivity index (χ0v) is 12.0. The topological polar surface area (TPSA) is 116 Å². The second-order valence-electron chi connectivity index (χ2n) is 4.29. The summed E-state index contributed by atoms with van der Waals surface area (Å²) in [5, 5.41) is 17.5. The van der Waals surface area contributed by atoms with E-state index in [0.717, 1.165) is 0 Å². The second kappa shape index (κ2) is 6.61. The Kier molecular flexibility index (Phi) is 4.61. The van der Waals surface area contributed by atoms with Gasteiger partial charge in [-0.2, -0.15) is 5.26 Å². The lowest BCUT2D eigenvalue weighted by molar-refractivity contribution is 0.0685. The molecule has 0 amide bonds. The lowest BCUT2D eigenvalue weighted by Crippen LogP contribution is -1.97. The first-order valence-corrected chi connectivity index (χ1v) is 6.51. The van der Waals surface area contributed by atoms with Gasteiger partial charge in [-0.25, -0.2) is 9.78 Å². The number of nitrogen functional groups attached to an aromatic ring is 1. The van der Waals surface area contributed by atoms with Crippen LogP contribution in [0.1, 0.15) is 16.2 Å².